The van der Waals surface area contributed by atoms with E-state index in [1.165, 1.54) is 37.4 Å². The number of methoxy groups -OCH3 is 1. The maximum Gasteiger partial charge on any atom is 0.534 e. The molecule has 6 rings (SSSR count). The molecule has 2 heterocycles. The first kappa shape index (κ1) is 33.3. The average molecular weight is 688 g/mol. The standard InChI is InChI=1S/C34H32F3NO9S/c1-31(2,3)45-29(40)18-7-10-22-25(13-18)33(46-30(22)41)23-11-8-20(38-16-19(17-38)28(39)44-6)14-26(23)32(4,5)27-15-21(9-12-24(27)33)47-48(42,43)34(35,36)37/h7-15,19H,16-17H2,1-6H3. The van der Waals surface area contributed by atoms with Gasteiger partial charge in [0, 0.05) is 40.9 Å². The topological polar surface area (TPSA) is 126 Å². The highest BCUT2D eigenvalue weighted by Crippen LogP contribution is 2.58. The number of halogens is 3. The van der Waals surface area contributed by atoms with Gasteiger partial charge in [-0.1, -0.05) is 26.0 Å². The Labute approximate surface area is 274 Å². The van der Waals surface area contributed by atoms with E-state index in [2.05, 4.69) is 4.18 Å². The fourth-order valence-electron chi connectivity index (χ4n) is 6.55. The number of hydrogen-bond donors (Lipinski definition) is 0. The van der Waals surface area contributed by atoms with Gasteiger partial charge in [0.05, 0.1) is 24.2 Å². The van der Waals surface area contributed by atoms with E-state index < -0.39 is 49.9 Å². The molecule has 0 N–H and O–H groups in total. The maximum atomic E-state index is 13.5. The second-order valence-electron chi connectivity index (χ2n) is 13.5. The number of benzene rings is 3. The summed E-state index contributed by atoms with van der Waals surface area (Å²) in [6.07, 6.45) is 0. The Morgan fingerprint density at radius 1 is 0.896 bits per heavy atom. The van der Waals surface area contributed by atoms with Crippen molar-refractivity contribution in [1.29, 1.82) is 0 Å². The summed E-state index contributed by atoms with van der Waals surface area (Å²) in [5.41, 5.74) is -6.08. The van der Waals surface area contributed by atoms with Gasteiger partial charge in [-0.15, -0.1) is 0 Å². The molecule has 2 aliphatic heterocycles. The molecule has 3 aromatic carbocycles. The fraction of sp³-hybridized carbons (Fsp3) is 0.382. The van der Waals surface area contributed by atoms with Gasteiger partial charge >= 0.3 is 33.5 Å². The summed E-state index contributed by atoms with van der Waals surface area (Å²) in [7, 11) is -4.68. The van der Waals surface area contributed by atoms with Gasteiger partial charge in [-0.25, -0.2) is 9.59 Å². The van der Waals surface area contributed by atoms with Crippen molar-refractivity contribution in [3.05, 3.63) is 93.5 Å². The summed E-state index contributed by atoms with van der Waals surface area (Å²) in [5.74, 6) is -2.61. The Morgan fingerprint density at radius 3 is 2.12 bits per heavy atom. The van der Waals surface area contributed by atoms with Gasteiger partial charge in [0.2, 0.25) is 0 Å². The second-order valence-corrected chi connectivity index (χ2v) is 15.0. The van der Waals surface area contributed by atoms with Crippen LogP contribution in [0.25, 0.3) is 0 Å². The van der Waals surface area contributed by atoms with E-state index in [9.17, 15) is 36.0 Å². The number of alkyl halides is 3. The predicted octanol–water partition coefficient (Wildman–Crippen LogP) is 5.58. The predicted molar refractivity (Wildman–Crippen MR) is 165 cm³/mol. The van der Waals surface area contributed by atoms with Crippen LogP contribution in [0, 0.1) is 5.92 Å². The number of fused-ring (bicyclic) bond motifs is 6. The molecule has 1 unspecified atom stereocenters. The number of esters is 3. The third kappa shape index (κ3) is 5.17. The molecule has 0 saturated carbocycles. The van der Waals surface area contributed by atoms with E-state index in [-0.39, 0.29) is 23.0 Å². The Morgan fingerprint density at radius 2 is 1.52 bits per heavy atom. The lowest BCUT2D eigenvalue weighted by atomic mass is 9.61. The molecule has 1 spiro atoms. The van der Waals surface area contributed by atoms with E-state index in [4.69, 9.17) is 14.2 Å². The van der Waals surface area contributed by atoms with Gasteiger partial charge in [0.1, 0.15) is 11.4 Å². The molecular weight excluding hydrogens is 655 g/mol. The first-order valence-corrected chi connectivity index (χ1v) is 16.4. The van der Waals surface area contributed by atoms with Crippen LogP contribution >= 0.6 is 0 Å². The van der Waals surface area contributed by atoms with Crippen molar-refractivity contribution in [2.75, 3.05) is 25.1 Å². The zero-order chi connectivity index (χ0) is 35.2. The Hall–Kier alpha value is -4.59. The number of ether oxygens (including phenoxy) is 3. The van der Waals surface area contributed by atoms with Crippen molar-refractivity contribution in [3.8, 4) is 5.75 Å². The Kier molecular flexibility index (Phi) is 7.43. The van der Waals surface area contributed by atoms with Crippen molar-refractivity contribution in [2.24, 2.45) is 5.92 Å². The van der Waals surface area contributed by atoms with Gasteiger partial charge in [-0.3, -0.25) is 4.79 Å². The molecule has 0 amide bonds. The van der Waals surface area contributed by atoms with E-state index in [0.717, 1.165) is 11.8 Å². The minimum atomic E-state index is -6.00. The monoisotopic (exact) mass is 687 g/mol. The molecule has 0 bridgehead atoms. The first-order valence-electron chi connectivity index (χ1n) is 14.9. The number of anilines is 1. The number of nitrogens with zero attached hydrogens (tertiary/aromatic N) is 1. The highest BCUT2D eigenvalue weighted by molar-refractivity contribution is 7.88. The minimum absolute atomic E-state index is 0.136. The van der Waals surface area contributed by atoms with E-state index in [1.807, 2.05) is 17.0 Å². The lowest BCUT2D eigenvalue weighted by Gasteiger charge is -2.46. The zero-order valence-electron chi connectivity index (χ0n) is 26.9. The molecule has 1 atom stereocenters. The van der Waals surface area contributed by atoms with Crippen LogP contribution in [0.15, 0.2) is 54.6 Å². The number of rotatable bonds is 5. The first-order chi connectivity index (χ1) is 22.2. The maximum absolute atomic E-state index is 13.5. The van der Waals surface area contributed by atoms with E-state index in [1.54, 1.807) is 40.7 Å². The van der Waals surface area contributed by atoms with Crippen molar-refractivity contribution >= 4 is 33.7 Å². The van der Waals surface area contributed by atoms with Crippen LogP contribution < -0.4 is 9.08 Å². The summed E-state index contributed by atoms with van der Waals surface area (Å²) in [6.45, 7) is 9.50. The van der Waals surface area contributed by atoms with E-state index in [0.29, 0.717) is 40.9 Å². The molecule has 0 radical (unpaired) electrons. The third-order valence-electron chi connectivity index (χ3n) is 8.87. The molecule has 10 nitrogen and oxygen atoms in total. The van der Waals surface area contributed by atoms with Crippen molar-refractivity contribution in [2.45, 2.75) is 56.7 Å². The van der Waals surface area contributed by atoms with Gasteiger partial charge in [0.25, 0.3) is 0 Å². The molecule has 14 heteroatoms. The van der Waals surface area contributed by atoms with Crippen LogP contribution in [-0.2, 0) is 40.1 Å². The molecular formula is C34H32F3NO9S. The number of hydrogen-bond acceptors (Lipinski definition) is 10. The molecule has 48 heavy (non-hydrogen) atoms. The smallest absolute Gasteiger partial charge is 0.469 e. The van der Waals surface area contributed by atoms with Crippen LogP contribution in [0.2, 0.25) is 0 Å². The van der Waals surface area contributed by atoms with E-state index >= 15 is 0 Å². The second kappa shape index (κ2) is 10.7. The number of carbonyl (C=O) groups is 3. The summed E-state index contributed by atoms with van der Waals surface area (Å²) in [4.78, 5) is 40.7. The zero-order valence-corrected chi connectivity index (χ0v) is 27.7. The van der Waals surface area contributed by atoms with Crippen molar-refractivity contribution < 1.29 is 54.4 Å². The van der Waals surface area contributed by atoms with Gasteiger partial charge in [0.15, 0.2) is 5.60 Å². The van der Waals surface area contributed by atoms with Crippen molar-refractivity contribution in [3.63, 3.8) is 0 Å². The van der Waals surface area contributed by atoms with Crippen molar-refractivity contribution in [1.82, 2.24) is 0 Å². The van der Waals surface area contributed by atoms with Gasteiger partial charge in [-0.05, 0) is 74.4 Å². The summed E-state index contributed by atoms with van der Waals surface area (Å²) >= 11 is 0. The molecule has 0 aromatic heterocycles. The number of carbonyl (C=O) groups excluding carboxylic acids is 3. The normalized spacial score (nSPS) is 19.9. The molecule has 1 fully saturated rings. The molecule has 3 aliphatic rings. The quantitative estimate of drug-likeness (QED) is 0.145. The van der Waals surface area contributed by atoms with Crippen LogP contribution in [0.5, 0.6) is 5.75 Å². The van der Waals surface area contributed by atoms with Crippen LogP contribution in [0.3, 0.4) is 0 Å². The van der Waals surface area contributed by atoms with Gasteiger partial charge < -0.3 is 23.3 Å². The lowest BCUT2D eigenvalue weighted by molar-refractivity contribution is -0.146. The highest BCUT2D eigenvalue weighted by atomic mass is 32.2. The minimum Gasteiger partial charge on any atom is -0.469 e. The Balaban J connectivity index is 1.56. The average Bonchev–Trinajstić information content (AvgIpc) is 3.25. The SMILES string of the molecule is COC(=O)C1CN(c2ccc3c(c2)C(C)(C)c2cc(OS(=O)(=O)C(F)(F)F)ccc2C32OC(=O)c3ccc(C(=O)OC(C)(C)C)cc32)C1. The Bertz CT molecular complexity index is 1990. The largest absolute Gasteiger partial charge is 0.534 e. The fourth-order valence-corrected chi connectivity index (χ4v) is 7.00. The summed E-state index contributed by atoms with van der Waals surface area (Å²) < 4.78 is 84.9. The van der Waals surface area contributed by atoms with Gasteiger partial charge in [-0.2, -0.15) is 21.6 Å². The third-order valence-corrected chi connectivity index (χ3v) is 9.85. The molecule has 1 aliphatic carbocycles. The molecule has 1 saturated heterocycles. The molecule has 254 valence electrons. The summed E-state index contributed by atoms with van der Waals surface area (Å²) in [6, 6.07) is 13.5. The van der Waals surface area contributed by atoms with Crippen LogP contribution in [-0.4, -0.2) is 57.6 Å². The summed E-state index contributed by atoms with van der Waals surface area (Å²) in [5, 5.41) is 0. The highest BCUT2D eigenvalue weighted by Gasteiger charge is 2.56. The van der Waals surface area contributed by atoms with Crippen LogP contribution in [0.1, 0.15) is 83.2 Å². The van der Waals surface area contributed by atoms with Crippen LogP contribution in [0.4, 0.5) is 18.9 Å². The molecule has 3 aromatic rings. The lowest BCUT2D eigenvalue weighted by Crippen LogP contribution is -2.51.